The minimum absolute atomic E-state index is 0.0344. The molecule has 3 rings (SSSR count). The second-order valence-corrected chi connectivity index (χ2v) is 5.89. The van der Waals surface area contributed by atoms with Crippen molar-refractivity contribution in [1.29, 1.82) is 0 Å². The third kappa shape index (κ3) is 2.17. The number of H-pyrrole nitrogens is 1. The fraction of sp³-hybridized carbons (Fsp3) is 0. The Morgan fingerprint density at radius 3 is 2.45 bits per heavy atom. The number of fused-ring (bicyclic) bond motifs is 1. The summed E-state index contributed by atoms with van der Waals surface area (Å²) in [6.07, 6.45) is 0. The van der Waals surface area contributed by atoms with Crippen LogP contribution in [-0.2, 0) is 10.0 Å². The van der Waals surface area contributed by atoms with E-state index in [1.165, 1.54) is 24.3 Å². The number of hydrogen-bond donors (Lipinski definition) is 2. The molecule has 0 atom stereocenters. The van der Waals surface area contributed by atoms with Crippen molar-refractivity contribution in [2.24, 2.45) is 5.14 Å². The largest absolute Gasteiger partial charge is 0.277 e. The lowest BCUT2D eigenvalue weighted by Gasteiger charge is -2.01. The number of aromatic amines is 1. The highest BCUT2D eigenvalue weighted by Gasteiger charge is 2.11. The van der Waals surface area contributed by atoms with E-state index in [0.717, 1.165) is 10.9 Å². The molecule has 0 saturated carbocycles. The van der Waals surface area contributed by atoms with Crippen LogP contribution in [0, 0.1) is 5.82 Å². The summed E-state index contributed by atoms with van der Waals surface area (Å²) in [7, 11) is -3.71. The maximum Gasteiger partial charge on any atom is 0.238 e. The van der Waals surface area contributed by atoms with Gasteiger partial charge in [-0.3, -0.25) is 5.10 Å². The molecule has 1 aromatic heterocycles. The van der Waals surface area contributed by atoms with Crippen LogP contribution >= 0.6 is 0 Å². The van der Waals surface area contributed by atoms with Crippen LogP contribution in [0.2, 0.25) is 0 Å². The molecule has 3 N–H and O–H groups in total. The lowest BCUT2D eigenvalue weighted by Crippen LogP contribution is -2.11. The van der Waals surface area contributed by atoms with Crippen molar-refractivity contribution < 1.29 is 12.8 Å². The normalized spacial score (nSPS) is 11.9. The van der Waals surface area contributed by atoms with Gasteiger partial charge in [0.1, 0.15) is 5.82 Å². The second kappa shape index (κ2) is 4.39. The second-order valence-electron chi connectivity index (χ2n) is 4.33. The van der Waals surface area contributed by atoms with Crippen LogP contribution < -0.4 is 5.14 Å². The number of benzene rings is 2. The first-order chi connectivity index (χ1) is 9.45. The van der Waals surface area contributed by atoms with E-state index in [2.05, 4.69) is 10.2 Å². The third-order valence-electron chi connectivity index (χ3n) is 2.98. The van der Waals surface area contributed by atoms with Crippen molar-refractivity contribution in [3.05, 3.63) is 48.3 Å². The molecule has 0 aliphatic heterocycles. The van der Waals surface area contributed by atoms with Crippen LogP contribution in [-0.4, -0.2) is 18.6 Å². The van der Waals surface area contributed by atoms with E-state index in [4.69, 9.17) is 5.14 Å². The zero-order valence-corrected chi connectivity index (χ0v) is 11.0. The molecule has 0 unspecified atom stereocenters. The molecule has 0 amide bonds. The molecule has 102 valence electrons. The molecular formula is C13H10FN3O2S. The summed E-state index contributed by atoms with van der Waals surface area (Å²) in [5.74, 6) is -0.350. The van der Waals surface area contributed by atoms with Crippen LogP contribution in [0.4, 0.5) is 4.39 Å². The van der Waals surface area contributed by atoms with Crippen molar-refractivity contribution >= 4 is 20.9 Å². The van der Waals surface area contributed by atoms with Gasteiger partial charge in [-0.2, -0.15) is 5.10 Å². The van der Waals surface area contributed by atoms with E-state index >= 15 is 0 Å². The molecule has 20 heavy (non-hydrogen) atoms. The predicted molar refractivity (Wildman–Crippen MR) is 72.9 cm³/mol. The lowest BCUT2D eigenvalue weighted by atomic mass is 10.1. The van der Waals surface area contributed by atoms with Gasteiger partial charge in [-0.1, -0.05) is 12.1 Å². The van der Waals surface area contributed by atoms with Crippen LogP contribution in [0.3, 0.4) is 0 Å². The van der Waals surface area contributed by atoms with Gasteiger partial charge in [-0.15, -0.1) is 0 Å². The summed E-state index contributed by atoms with van der Waals surface area (Å²) in [5.41, 5.74) is 1.92. The van der Waals surface area contributed by atoms with Crippen LogP contribution in [0.25, 0.3) is 22.2 Å². The number of nitrogens with two attached hydrogens (primary N) is 1. The first-order valence-electron chi connectivity index (χ1n) is 5.72. The minimum atomic E-state index is -3.71. The Balaban J connectivity index is 2.12. The van der Waals surface area contributed by atoms with Crippen molar-refractivity contribution in [2.45, 2.75) is 4.90 Å². The SMILES string of the molecule is NS(=O)(=O)c1ccc(-c2n[nH]c3cc(F)ccc23)cc1. The summed E-state index contributed by atoms with van der Waals surface area (Å²) in [4.78, 5) is 0.0344. The Morgan fingerprint density at radius 2 is 1.80 bits per heavy atom. The first-order valence-corrected chi connectivity index (χ1v) is 7.27. The third-order valence-corrected chi connectivity index (χ3v) is 3.91. The van der Waals surface area contributed by atoms with Crippen LogP contribution in [0.15, 0.2) is 47.4 Å². The summed E-state index contributed by atoms with van der Waals surface area (Å²) in [5, 5.41) is 12.7. The number of rotatable bonds is 2. The van der Waals surface area contributed by atoms with Gasteiger partial charge in [0.25, 0.3) is 0 Å². The van der Waals surface area contributed by atoms with E-state index in [1.54, 1.807) is 18.2 Å². The van der Waals surface area contributed by atoms with E-state index < -0.39 is 10.0 Å². The molecular weight excluding hydrogens is 281 g/mol. The van der Waals surface area contributed by atoms with Gasteiger partial charge < -0.3 is 0 Å². The highest BCUT2D eigenvalue weighted by molar-refractivity contribution is 7.89. The molecule has 2 aromatic carbocycles. The standard InChI is InChI=1S/C13H10FN3O2S/c14-9-3-6-11-12(7-9)16-17-13(11)8-1-4-10(5-2-8)20(15,18)19/h1-7H,(H,16,17)(H2,15,18,19). The first kappa shape index (κ1) is 12.8. The van der Waals surface area contributed by atoms with Gasteiger partial charge in [0.2, 0.25) is 10.0 Å². The van der Waals surface area contributed by atoms with E-state index in [1.807, 2.05) is 0 Å². The maximum atomic E-state index is 13.1. The molecule has 0 aliphatic rings. The lowest BCUT2D eigenvalue weighted by molar-refractivity contribution is 0.598. The number of hydrogen-bond acceptors (Lipinski definition) is 3. The smallest absolute Gasteiger partial charge is 0.238 e. The van der Waals surface area contributed by atoms with E-state index in [0.29, 0.717) is 11.2 Å². The number of halogens is 1. The quantitative estimate of drug-likeness (QED) is 0.757. The average Bonchev–Trinajstić information content (AvgIpc) is 2.80. The molecule has 5 nitrogen and oxygen atoms in total. The van der Waals surface area contributed by atoms with Crippen molar-refractivity contribution in [2.75, 3.05) is 0 Å². The Hall–Kier alpha value is -2.25. The minimum Gasteiger partial charge on any atom is -0.277 e. The van der Waals surface area contributed by atoms with Gasteiger partial charge >= 0.3 is 0 Å². The Bertz CT molecular complexity index is 886. The maximum absolute atomic E-state index is 13.1. The highest BCUT2D eigenvalue weighted by Crippen LogP contribution is 2.27. The number of nitrogens with one attached hydrogen (secondary N) is 1. The molecule has 0 saturated heterocycles. The highest BCUT2D eigenvalue weighted by atomic mass is 32.2. The van der Waals surface area contributed by atoms with Gasteiger partial charge in [-0.05, 0) is 30.3 Å². The predicted octanol–water partition coefficient (Wildman–Crippen LogP) is 2.02. The molecule has 0 bridgehead atoms. The monoisotopic (exact) mass is 291 g/mol. The summed E-state index contributed by atoms with van der Waals surface area (Å²) >= 11 is 0. The van der Waals surface area contributed by atoms with E-state index in [9.17, 15) is 12.8 Å². The topological polar surface area (TPSA) is 88.8 Å². The number of nitrogens with zero attached hydrogens (tertiary/aromatic N) is 1. The van der Waals surface area contributed by atoms with Gasteiger partial charge in [-0.25, -0.2) is 17.9 Å². The molecule has 7 heteroatoms. The fourth-order valence-corrected chi connectivity index (χ4v) is 2.53. The van der Waals surface area contributed by atoms with Gasteiger partial charge in [0.05, 0.1) is 16.1 Å². The van der Waals surface area contributed by atoms with Gasteiger partial charge in [0.15, 0.2) is 0 Å². The Kier molecular flexibility index (Phi) is 2.81. The fourth-order valence-electron chi connectivity index (χ4n) is 2.01. The average molecular weight is 291 g/mol. The van der Waals surface area contributed by atoms with Crippen molar-refractivity contribution in [3.8, 4) is 11.3 Å². The summed E-state index contributed by atoms with van der Waals surface area (Å²) in [6, 6.07) is 10.4. The zero-order chi connectivity index (χ0) is 14.3. The molecule has 0 radical (unpaired) electrons. The number of primary sulfonamides is 1. The summed E-state index contributed by atoms with van der Waals surface area (Å²) < 4.78 is 35.5. The van der Waals surface area contributed by atoms with E-state index in [-0.39, 0.29) is 10.7 Å². The van der Waals surface area contributed by atoms with Crippen molar-refractivity contribution in [3.63, 3.8) is 0 Å². The molecule has 1 heterocycles. The molecule has 0 aliphatic carbocycles. The Labute approximate surface area is 114 Å². The molecule has 0 spiro atoms. The van der Waals surface area contributed by atoms with Crippen LogP contribution in [0.5, 0.6) is 0 Å². The molecule has 3 aromatic rings. The molecule has 0 fully saturated rings. The van der Waals surface area contributed by atoms with Crippen LogP contribution in [0.1, 0.15) is 0 Å². The zero-order valence-electron chi connectivity index (χ0n) is 10.2. The van der Waals surface area contributed by atoms with Crippen molar-refractivity contribution in [1.82, 2.24) is 10.2 Å². The van der Waals surface area contributed by atoms with Gasteiger partial charge in [0, 0.05) is 10.9 Å². The number of sulfonamides is 1. The summed E-state index contributed by atoms with van der Waals surface area (Å²) in [6.45, 7) is 0. The number of aromatic nitrogens is 2. The Morgan fingerprint density at radius 1 is 1.10 bits per heavy atom.